The Kier molecular flexibility index (Phi) is 7.86. The van der Waals surface area contributed by atoms with Crippen molar-refractivity contribution in [2.45, 2.75) is 38.3 Å². The Morgan fingerprint density at radius 2 is 1.86 bits per heavy atom. The van der Waals surface area contributed by atoms with Crippen LogP contribution in [-0.2, 0) is 14.9 Å². The van der Waals surface area contributed by atoms with Crippen LogP contribution >= 0.6 is 0 Å². The molecule has 1 amide bonds. The normalized spacial score (nSPS) is 11.9. The summed E-state index contributed by atoms with van der Waals surface area (Å²) in [7, 11) is -4.02. The van der Waals surface area contributed by atoms with Crippen LogP contribution in [0.15, 0.2) is 41.3 Å². The van der Waals surface area contributed by atoms with Crippen molar-refractivity contribution in [3.05, 3.63) is 42.0 Å². The minimum Gasteiger partial charge on any atom is -0.337 e. The Morgan fingerprint density at radius 1 is 1.38 bits per heavy atom. The molecular weight excluding hydrogens is 292 g/mol. The fourth-order valence-corrected chi connectivity index (χ4v) is 1.58. The van der Waals surface area contributed by atoms with Crippen LogP contribution in [0.1, 0.15) is 25.8 Å². The van der Waals surface area contributed by atoms with Gasteiger partial charge in [0.05, 0.1) is 11.1 Å². The van der Waals surface area contributed by atoms with Gasteiger partial charge in [0.25, 0.3) is 10.1 Å². The first-order valence-corrected chi connectivity index (χ1v) is 7.78. The van der Waals surface area contributed by atoms with Crippen molar-refractivity contribution in [1.82, 2.24) is 5.32 Å². The molecule has 0 heterocycles. The van der Waals surface area contributed by atoms with Crippen LogP contribution in [0.4, 0.5) is 0 Å². The fraction of sp³-hybridized carbons (Fsp3) is 0.357. The minimum absolute atomic E-state index is 0.0666. The second-order valence-corrected chi connectivity index (χ2v) is 5.98. The summed E-state index contributed by atoms with van der Waals surface area (Å²) in [4.78, 5) is 10.8. The average Bonchev–Trinajstić information content (AvgIpc) is 2.38. The zero-order valence-corrected chi connectivity index (χ0v) is 13.3. The fourth-order valence-electron chi connectivity index (χ4n) is 1.10. The Hall–Kier alpha value is -1.70. The third-order valence-electron chi connectivity index (χ3n) is 2.46. The molecule has 4 N–H and O–H groups in total. The minimum atomic E-state index is -4.02. The quantitative estimate of drug-likeness (QED) is 0.444. The van der Waals surface area contributed by atoms with Gasteiger partial charge >= 0.3 is 0 Å². The van der Waals surface area contributed by atoms with Crippen molar-refractivity contribution in [3.63, 3.8) is 0 Å². The third kappa shape index (κ3) is 8.23. The standard InChI is InChI=1S/C7H14N2O.C7H8O3S/c1-4-6(8)9-7(10)5(2)3;1-6-2-4-7(5-3-6)11(8,9)10/h6H,2,4,8H2,1,3H3,(H,9,10);2-5H,1H3,(H,8,9,10). The zero-order valence-electron chi connectivity index (χ0n) is 12.5. The van der Waals surface area contributed by atoms with Gasteiger partial charge in [-0.15, -0.1) is 0 Å². The first-order valence-electron chi connectivity index (χ1n) is 6.34. The molecule has 0 fully saturated rings. The van der Waals surface area contributed by atoms with E-state index in [9.17, 15) is 13.2 Å². The molecule has 0 aliphatic carbocycles. The number of aryl methyl sites for hydroxylation is 1. The van der Waals surface area contributed by atoms with Crippen molar-refractivity contribution in [2.24, 2.45) is 5.73 Å². The first-order chi connectivity index (χ1) is 9.57. The maximum atomic E-state index is 10.8. The Balaban J connectivity index is 0.000000384. The maximum absolute atomic E-state index is 10.8. The summed E-state index contributed by atoms with van der Waals surface area (Å²) in [6.07, 6.45) is 0.489. The highest BCUT2D eigenvalue weighted by Gasteiger charge is 2.06. The SMILES string of the molecule is C=C(C)C(=O)NC(N)CC.Cc1ccc(S(=O)(=O)O)cc1. The topological polar surface area (TPSA) is 109 Å². The summed E-state index contributed by atoms with van der Waals surface area (Å²) in [5.74, 6) is -0.172. The molecule has 0 saturated carbocycles. The lowest BCUT2D eigenvalue weighted by Gasteiger charge is -2.10. The van der Waals surface area contributed by atoms with Gasteiger partial charge in [0.1, 0.15) is 0 Å². The smallest absolute Gasteiger partial charge is 0.294 e. The van der Waals surface area contributed by atoms with Gasteiger partial charge < -0.3 is 11.1 Å². The number of carbonyl (C=O) groups is 1. The van der Waals surface area contributed by atoms with Crippen molar-refractivity contribution >= 4 is 16.0 Å². The first kappa shape index (κ1) is 19.3. The molecule has 0 spiro atoms. The number of hydrogen-bond acceptors (Lipinski definition) is 4. The van der Waals surface area contributed by atoms with Crippen molar-refractivity contribution in [1.29, 1.82) is 0 Å². The summed E-state index contributed by atoms with van der Waals surface area (Å²) < 4.78 is 29.6. The van der Waals surface area contributed by atoms with Gasteiger partial charge in [-0.25, -0.2) is 0 Å². The van der Waals surface area contributed by atoms with E-state index in [-0.39, 0.29) is 17.0 Å². The molecule has 1 atom stereocenters. The molecule has 6 nitrogen and oxygen atoms in total. The molecule has 0 bridgehead atoms. The molecule has 118 valence electrons. The van der Waals surface area contributed by atoms with Gasteiger partial charge in [0.15, 0.2) is 0 Å². The predicted octanol–water partition coefficient (Wildman–Crippen LogP) is 1.62. The number of carbonyl (C=O) groups excluding carboxylic acids is 1. The van der Waals surface area contributed by atoms with Crippen LogP contribution in [0.3, 0.4) is 0 Å². The number of rotatable bonds is 4. The van der Waals surface area contributed by atoms with E-state index in [0.29, 0.717) is 5.57 Å². The molecule has 0 aliphatic heterocycles. The molecule has 21 heavy (non-hydrogen) atoms. The lowest BCUT2D eigenvalue weighted by molar-refractivity contribution is -0.118. The summed E-state index contributed by atoms with van der Waals surface area (Å²) in [6, 6.07) is 5.99. The van der Waals surface area contributed by atoms with Gasteiger partial charge in [0.2, 0.25) is 5.91 Å². The average molecular weight is 314 g/mol. The van der Waals surface area contributed by atoms with Crippen LogP contribution in [0.2, 0.25) is 0 Å². The maximum Gasteiger partial charge on any atom is 0.294 e. The monoisotopic (exact) mass is 314 g/mol. The molecule has 1 aromatic rings. The van der Waals surface area contributed by atoms with E-state index in [0.717, 1.165) is 12.0 Å². The van der Waals surface area contributed by atoms with E-state index in [1.807, 2.05) is 13.8 Å². The van der Waals surface area contributed by atoms with Crippen LogP contribution in [0.25, 0.3) is 0 Å². The number of benzene rings is 1. The number of amides is 1. The van der Waals surface area contributed by atoms with Gasteiger partial charge in [-0.1, -0.05) is 31.2 Å². The number of nitrogens with one attached hydrogen (secondary N) is 1. The Morgan fingerprint density at radius 3 is 2.19 bits per heavy atom. The van der Waals surface area contributed by atoms with Gasteiger partial charge in [0, 0.05) is 5.57 Å². The molecule has 1 unspecified atom stereocenters. The van der Waals surface area contributed by atoms with Crippen LogP contribution in [-0.4, -0.2) is 25.0 Å². The second-order valence-electron chi connectivity index (χ2n) is 4.56. The van der Waals surface area contributed by atoms with E-state index in [1.165, 1.54) is 12.1 Å². The molecule has 7 heteroatoms. The third-order valence-corrected chi connectivity index (χ3v) is 3.33. The van der Waals surface area contributed by atoms with Gasteiger partial charge in [-0.3, -0.25) is 9.35 Å². The molecule has 0 aromatic heterocycles. The summed E-state index contributed by atoms with van der Waals surface area (Å²) in [5, 5.41) is 2.57. The second kappa shape index (κ2) is 8.56. The molecule has 0 radical (unpaired) electrons. The lowest BCUT2D eigenvalue weighted by atomic mass is 10.2. The molecule has 0 aliphatic rings. The van der Waals surface area contributed by atoms with Crippen LogP contribution < -0.4 is 11.1 Å². The zero-order chi connectivity index (χ0) is 16.6. The van der Waals surface area contributed by atoms with Gasteiger partial charge in [-0.05, 0) is 32.4 Å². The van der Waals surface area contributed by atoms with Gasteiger partial charge in [-0.2, -0.15) is 8.42 Å². The lowest BCUT2D eigenvalue weighted by Crippen LogP contribution is -2.41. The highest BCUT2D eigenvalue weighted by molar-refractivity contribution is 7.85. The highest BCUT2D eigenvalue weighted by atomic mass is 32.2. The van der Waals surface area contributed by atoms with E-state index in [1.54, 1.807) is 19.1 Å². The van der Waals surface area contributed by atoms with E-state index < -0.39 is 10.1 Å². The van der Waals surface area contributed by atoms with E-state index in [4.69, 9.17) is 10.3 Å². The van der Waals surface area contributed by atoms with E-state index >= 15 is 0 Å². The van der Waals surface area contributed by atoms with E-state index in [2.05, 4.69) is 11.9 Å². The highest BCUT2D eigenvalue weighted by Crippen LogP contribution is 2.08. The Bertz CT molecular complexity index is 579. The van der Waals surface area contributed by atoms with Crippen LogP contribution in [0.5, 0.6) is 0 Å². The molecular formula is C14H22N2O4S. The predicted molar refractivity (Wildman–Crippen MR) is 82.2 cm³/mol. The largest absolute Gasteiger partial charge is 0.337 e. The molecule has 1 rings (SSSR count). The molecule has 1 aromatic carbocycles. The Labute approximate surface area is 125 Å². The number of hydrogen-bond donors (Lipinski definition) is 3. The van der Waals surface area contributed by atoms with Crippen LogP contribution in [0, 0.1) is 6.92 Å². The van der Waals surface area contributed by atoms with Crippen molar-refractivity contribution in [3.8, 4) is 0 Å². The van der Waals surface area contributed by atoms with Crippen molar-refractivity contribution in [2.75, 3.05) is 0 Å². The van der Waals surface area contributed by atoms with Crippen molar-refractivity contribution < 1.29 is 17.8 Å². The summed E-state index contributed by atoms with van der Waals surface area (Å²) >= 11 is 0. The summed E-state index contributed by atoms with van der Waals surface area (Å²) in [5.41, 5.74) is 6.88. The number of nitrogens with two attached hydrogens (primary N) is 1. The summed E-state index contributed by atoms with van der Waals surface area (Å²) in [6.45, 7) is 8.87. The molecule has 0 saturated heterocycles.